The third-order valence-electron chi connectivity index (χ3n) is 4.44. The van der Waals surface area contributed by atoms with Gasteiger partial charge in [-0.2, -0.15) is 0 Å². The number of amides is 2. The summed E-state index contributed by atoms with van der Waals surface area (Å²) in [5, 5.41) is 9.17. The second-order valence-electron chi connectivity index (χ2n) is 5.88. The van der Waals surface area contributed by atoms with Crippen molar-refractivity contribution in [1.82, 2.24) is 4.90 Å². The normalized spacial score (nSPS) is 24.3. The third-order valence-corrected chi connectivity index (χ3v) is 4.44. The number of carbonyl (C=O) groups excluding carboxylic acids is 2. The Labute approximate surface area is 132 Å². The van der Waals surface area contributed by atoms with Crippen molar-refractivity contribution in [3.8, 4) is 0 Å². The number of halogens is 1. The number of para-hydroxylation sites is 1. The third kappa shape index (κ3) is 2.78. The molecule has 2 saturated heterocycles. The van der Waals surface area contributed by atoms with E-state index in [9.17, 15) is 23.9 Å². The van der Waals surface area contributed by atoms with Crippen molar-refractivity contribution in [3.05, 3.63) is 30.1 Å². The van der Waals surface area contributed by atoms with Gasteiger partial charge in [0.25, 0.3) is 0 Å². The Morgan fingerprint density at radius 1 is 1.26 bits per heavy atom. The summed E-state index contributed by atoms with van der Waals surface area (Å²) in [6, 6.07) is 5.10. The summed E-state index contributed by atoms with van der Waals surface area (Å²) in [6.45, 7) is 0.474. The maximum atomic E-state index is 13.8. The van der Waals surface area contributed by atoms with Crippen LogP contribution in [0.4, 0.5) is 10.1 Å². The lowest BCUT2D eigenvalue weighted by Gasteiger charge is -2.24. The van der Waals surface area contributed by atoms with Gasteiger partial charge in [-0.3, -0.25) is 9.59 Å². The molecule has 0 aliphatic carbocycles. The molecule has 2 heterocycles. The number of likely N-dealkylation sites (tertiary alicyclic amines) is 1. The van der Waals surface area contributed by atoms with Gasteiger partial charge in [0.1, 0.15) is 11.9 Å². The van der Waals surface area contributed by atoms with Crippen molar-refractivity contribution >= 4 is 23.5 Å². The minimum absolute atomic E-state index is 0.0179. The Kier molecular flexibility index (Phi) is 4.02. The van der Waals surface area contributed by atoms with Crippen molar-refractivity contribution in [1.29, 1.82) is 0 Å². The molecule has 0 bridgehead atoms. The molecule has 2 atom stereocenters. The van der Waals surface area contributed by atoms with Crippen molar-refractivity contribution in [2.45, 2.75) is 25.3 Å². The predicted molar refractivity (Wildman–Crippen MR) is 79.2 cm³/mol. The van der Waals surface area contributed by atoms with Crippen LogP contribution in [0.5, 0.6) is 0 Å². The highest BCUT2D eigenvalue weighted by Crippen LogP contribution is 2.30. The second-order valence-corrected chi connectivity index (χ2v) is 5.88. The number of anilines is 1. The molecule has 1 unspecified atom stereocenters. The van der Waals surface area contributed by atoms with E-state index in [0.717, 1.165) is 0 Å². The molecule has 0 aromatic heterocycles. The highest BCUT2D eigenvalue weighted by atomic mass is 19.1. The lowest BCUT2D eigenvalue weighted by Crippen LogP contribution is -2.44. The van der Waals surface area contributed by atoms with Gasteiger partial charge in [-0.15, -0.1) is 0 Å². The Hall–Kier alpha value is -2.44. The molecule has 1 aromatic rings. The number of aliphatic carboxylic acids is 1. The summed E-state index contributed by atoms with van der Waals surface area (Å²) in [5.74, 6) is -2.81. The molecular weight excluding hydrogens is 303 g/mol. The van der Waals surface area contributed by atoms with Crippen LogP contribution in [0.25, 0.3) is 0 Å². The van der Waals surface area contributed by atoms with Crippen LogP contribution in [0.1, 0.15) is 19.3 Å². The number of carboxylic acids is 1. The van der Waals surface area contributed by atoms with E-state index in [2.05, 4.69) is 0 Å². The number of benzene rings is 1. The molecule has 2 aliphatic heterocycles. The van der Waals surface area contributed by atoms with Crippen LogP contribution < -0.4 is 4.90 Å². The van der Waals surface area contributed by atoms with Gasteiger partial charge in [-0.1, -0.05) is 12.1 Å². The average Bonchev–Trinajstić information content (AvgIpc) is 3.14. The van der Waals surface area contributed by atoms with Crippen LogP contribution in [0.2, 0.25) is 0 Å². The molecule has 2 amide bonds. The molecule has 122 valence electrons. The van der Waals surface area contributed by atoms with Gasteiger partial charge < -0.3 is 14.9 Å². The fourth-order valence-electron chi connectivity index (χ4n) is 3.30. The quantitative estimate of drug-likeness (QED) is 0.909. The minimum atomic E-state index is -1.02. The van der Waals surface area contributed by atoms with Crippen molar-refractivity contribution in [3.63, 3.8) is 0 Å². The highest BCUT2D eigenvalue weighted by molar-refractivity contribution is 6.01. The predicted octanol–water partition coefficient (Wildman–Crippen LogP) is 1.25. The molecule has 6 nitrogen and oxygen atoms in total. The number of carboxylic acid groups (broad SMARTS) is 1. The Morgan fingerprint density at radius 2 is 2.00 bits per heavy atom. The molecule has 23 heavy (non-hydrogen) atoms. The fourth-order valence-corrected chi connectivity index (χ4v) is 3.30. The summed E-state index contributed by atoms with van der Waals surface area (Å²) >= 11 is 0. The van der Waals surface area contributed by atoms with Gasteiger partial charge in [-0.25, -0.2) is 9.18 Å². The van der Waals surface area contributed by atoms with Crippen LogP contribution in [0.3, 0.4) is 0 Å². The number of nitrogens with zero attached hydrogens (tertiary/aromatic N) is 2. The first-order valence-electron chi connectivity index (χ1n) is 7.57. The first-order chi connectivity index (χ1) is 11.0. The van der Waals surface area contributed by atoms with Gasteiger partial charge in [0, 0.05) is 19.5 Å². The van der Waals surface area contributed by atoms with Crippen molar-refractivity contribution in [2.75, 3.05) is 18.0 Å². The van der Waals surface area contributed by atoms with Crippen LogP contribution in [-0.4, -0.2) is 46.9 Å². The summed E-state index contributed by atoms with van der Waals surface area (Å²) in [5.41, 5.74) is 0.156. The zero-order chi connectivity index (χ0) is 16.6. The van der Waals surface area contributed by atoms with Gasteiger partial charge in [0.2, 0.25) is 11.8 Å². The topological polar surface area (TPSA) is 77.9 Å². The Morgan fingerprint density at radius 3 is 2.70 bits per heavy atom. The maximum absolute atomic E-state index is 13.8. The number of hydrogen-bond acceptors (Lipinski definition) is 3. The molecule has 2 aliphatic rings. The lowest BCUT2D eigenvalue weighted by atomic mass is 10.1. The standard InChI is InChI=1S/C16H17FN2O4/c17-11-4-1-2-5-12(11)19-9-10(8-14(19)20)15(21)18-7-3-6-13(18)16(22)23/h1-2,4-5,10,13H,3,6-9H2,(H,22,23)/t10?,13-/m0/s1. The van der Waals surface area contributed by atoms with E-state index in [1.165, 1.54) is 28.0 Å². The summed E-state index contributed by atoms with van der Waals surface area (Å²) < 4.78 is 13.8. The van der Waals surface area contributed by atoms with E-state index in [1.807, 2.05) is 0 Å². The Bertz CT molecular complexity index is 663. The Balaban J connectivity index is 1.76. The van der Waals surface area contributed by atoms with E-state index in [0.29, 0.717) is 19.4 Å². The van der Waals surface area contributed by atoms with Crippen LogP contribution in [0.15, 0.2) is 24.3 Å². The van der Waals surface area contributed by atoms with E-state index >= 15 is 0 Å². The lowest BCUT2D eigenvalue weighted by molar-refractivity contribution is -0.149. The smallest absolute Gasteiger partial charge is 0.326 e. The molecule has 3 rings (SSSR count). The monoisotopic (exact) mass is 320 g/mol. The van der Waals surface area contributed by atoms with Gasteiger partial charge in [0.05, 0.1) is 11.6 Å². The summed E-state index contributed by atoms with van der Waals surface area (Å²) in [7, 11) is 0. The highest BCUT2D eigenvalue weighted by Gasteiger charge is 2.42. The first kappa shape index (κ1) is 15.5. The number of hydrogen-bond donors (Lipinski definition) is 1. The molecule has 0 radical (unpaired) electrons. The van der Waals surface area contributed by atoms with Crippen LogP contribution in [0, 0.1) is 11.7 Å². The fraction of sp³-hybridized carbons (Fsp3) is 0.438. The molecular formula is C16H17FN2O4. The van der Waals surface area contributed by atoms with Crippen molar-refractivity contribution in [2.24, 2.45) is 5.92 Å². The molecule has 0 spiro atoms. The summed E-state index contributed by atoms with van der Waals surface area (Å²) in [6.07, 6.45) is 1.05. The first-order valence-corrected chi connectivity index (χ1v) is 7.57. The van der Waals surface area contributed by atoms with Gasteiger partial charge in [-0.05, 0) is 25.0 Å². The molecule has 0 saturated carbocycles. The number of rotatable bonds is 3. The van der Waals surface area contributed by atoms with E-state index in [-0.39, 0.29) is 30.5 Å². The van der Waals surface area contributed by atoms with E-state index < -0.39 is 23.7 Å². The SMILES string of the molecule is O=C(O)[C@@H]1CCCN1C(=O)C1CC(=O)N(c2ccccc2F)C1. The molecule has 7 heteroatoms. The molecule has 2 fully saturated rings. The zero-order valence-corrected chi connectivity index (χ0v) is 12.4. The van der Waals surface area contributed by atoms with Crippen molar-refractivity contribution < 1.29 is 23.9 Å². The van der Waals surface area contributed by atoms with Crippen LogP contribution >= 0.6 is 0 Å². The summed E-state index contributed by atoms with van der Waals surface area (Å²) in [4.78, 5) is 38.5. The zero-order valence-electron chi connectivity index (χ0n) is 12.4. The number of carbonyl (C=O) groups is 3. The average molecular weight is 320 g/mol. The molecule has 1 aromatic carbocycles. The van der Waals surface area contributed by atoms with Gasteiger partial charge in [0.15, 0.2) is 0 Å². The largest absolute Gasteiger partial charge is 0.480 e. The molecule has 1 N–H and O–H groups in total. The van der Waals surface area contributed by atoms with E-state index in [1.54, 1.807) is 6.07 Å². The van der Waals surface area contributed by atoms with E-state index in [4.69, 9.17) is 0 Å². The van der Waals surface area contributed by atoms with Crippen LogP contribution in [-0.2, 0) is 14.4 Å². The minimum Gasteiger partial charge on any atom is -0.480 e. The maximum Gasteiger partial charge on any atom is 0.326 e. The second kappa shape index (κ2) is 5.98. The van der Waals surface area contributed by atoms with Gasteiger partial charge >= 0.3 is 5.97 Å².